The van der Waals surface area contributed by atoms with Gasteiger partial charge < -0.3 is 19.2 Å². The molecule has 5 rings (SSSR count). The van der Waals surface area contributed by atoms with Crippen molar-refractivity contribution in [2.45, 2.75) is 64.1 Å². The van der Waals surface area contributed by atoms with E-state index in [1.54, 1.807) is 6.07 Å². The number of carbonyl (C=O) groups excluding carboxylic acids is 1. The number of ether oxygens (including phenoxy) is 1. The smallest absolute Gasteiger partial charge is 0.339 e. The number of piperidine rings is 1. The summed E-state index contributed by atoms with van der Waals surface area (Å²) in [6.07, 6.45) is 5.24. The Morgan fingerprint density at radius 1 is 1.22 bits per heavy atom. The van der Waals surface area contributed by atoms with E-state index in [1.807, 2.05) is 48.2 Å². The van der Waals surface area contributed by atoms with Gasteiger partial charge in [-0.25, -0.2) is 4.79 Å². The van der Waals surface area contributed by atoms with Gasteiger partial charge in [0.15, 0.2) is 0 Å². The Bertz CT molecular complexity index is 1330. The number of fused-ring (bicyclic) bond motifs is 2. The topological polar surface area (TPSA) is 80.0 Å². The molecule has 1 aliphatic carbocycles. The van der Waals surface area contributed by atoms with E-state index in [1.165, 1.54) is 0 Å². The number of hydrogen-bond acceptors (Lipinski definition) is 5. The summed E-state index contributed by atoms with van der Waals surface area (Å²) in [6, 6.07) is 13.4. The molecule has 1 aliphatic heterocycles. The Morgan fingerprint density at radius 2 is 2.06 bits per heavy atom. The quantitative estimate of drug-likeness (QED) is 0.406. The van der Waals surface area contributed by atoms with Gasteiger partial charge in [0, 0.05) is 52.5 Å². The fourth-order valence-electron chi connectivity index (χ4n) is 5.72. The molecule has 36 heavy (non-hydrogen) atoms. The van der Waals surface area contributed by atoms with Crippen molar-refractivity contribution in [2.75, 3.05) is 13.1 Å². The molecule has 2 fully saturated rings. The van der Waals surface area contributed by atoms with Crippen LogP contribution in [0.15, 0.2) is 56.1 Å². The number of rotatable bonds is 6. The molecule has 1 aromatic heterocycles. The van der Waals surface area contributed by atoms with E-state index in [2.05, 4.69) is 15.9 Å². The van der Waals surface area contributed by atoms with Crippen LogP contribution in [0.25, 0.3) is 11.0 Å². The largest absolute Gasteiger partial charge is 0.489 e. The number of hydrogen-bond donors (Lipinski definition) is 1. The average Bonchev–Trinajstić information content (AvgIpc) is 2.87. The van der Waals surface area contributed by atoms with Crippen LogP contribution in [0.3, 0.4) is 0 Å². The van der Waals surface area contributed by atoms with Crippen LogP contribution in [0.5, 0.6) is 5.75 Å². The Balaban J connectivity index is 1.26. The van der Waals surface area contributed by atoms with Crippen LogP contribution in [0.1, 0.15) is 55.2 Å². The van der Waals surface area contributed by atoms with Gasteiger partial charge in [0.1, 0.15) is 17.9 Å². The Labute approximate surface area is 219 Å². The number of halogens is 1. The van der Waals surface area contributed by atoms with E-state index in [9.17, 15) is 14.7 Å². The highest BCUT2D eigenvalue weighted by Gasteiger charge is 2.43. The molecule has 0 bridgehead atoms. The van der Waals surface area contributed by atoms with Crippen molar-refractivity contribution in [2.24, 2.45) is 5.92 Å². The second kappa shape index (κ2) is 10.4. The van der Waals surface area contributed by atoms with Gasteiger partial charge in [-0.05, 0) is 56.4 Å². The summed E-state index contributed by atoms with van der Waals surface area (Å²) in [5.41, 5.74) is 1.87. The van der Waals surface area contributed by atoms with Crippen molar-refractivity contribution in [1.29, 1.82) is 0 Å². The minimum absolute atomic E-state index is 0.0392. The fourth-order valence-corrected chi connectivity index (χ4v) is 6.12. The summed E-state index contributed by atoms with van der Waals surface area (Å²) < 4.78 is 12.5. The summed E-state index contributed by atoms with van der Waals surface area (Å²) in [5, 5.41) is 11.7. The summed E-state index contributed by atoms with van der Waals surface area (Å²) >= 11 is 3.53. The number of nitrogens with zero attached hydrogens (tertiary/aromatic N) is 1. The molecule has 1 N–H and O–H groups in total. The number of aliphatic hydroxyl groups is 1. The zero-order valence-electron chi connectivity index (χ0n) is 20.6. The van der Waals surface area contributed by atoms with Gasteiger partial charge in [0.05, 0.1) is 5.60 Å². The number of likely N-dealkylation sites (tertiary alicyclic amines) is 1. The molecule has 190 valence electrons. The molecule has 2 aliphatic rings. The van der Waals surface area contributed by atoms with E-state index in [4.69, 9.17) is 9.15 Å². The van der Waals surface area contributed by atoms with Gasteiger partial charge in [0.25, 0.3) is 0 Å². The van der Waals surface area contributed by atoms with Gasteiger partial charge in [0.2, 0.25) is 5.91 Å². The van der Waals surface area contributed by atoms with Gasteiger partial charge in [-0.15, -0.1) is 0 Å². The maximum Gasteiger partial charge on any atom is 0.339 e. The van der Waals surface area contributed by atoms with Gasteiger partial charge in [-0.1, -0.05) is 47.0 Å². The molecule has 0 spiro atoms. The van der Waals surface area contributed by atoms with E-state index in [-0.39, 0.29) is 18.2 Å². The number of amides is 1. The normalized spacial score (nSPS) is 21.9. The molecule has 7 heteroatoms. The van der Waals surface area contributed by atoms with Crippen LogP contribution >= 0.6 is 15.9 Å². The Hall–Kier alpha value is -2.64. The first-order valence-electron chi connectivity index (χ1n) is 12.8. The lowest BCUT2D eigenvalue weighted by Gasteiger charge is -2.47. The van der Waals surface area contributed by atoms with Crippen LogP contribution in [0.2, 0.25) is 0 Å². The molecule has 1 saturated heterocycles. The first-order valence-corrected chi connectivity index (χ1v) is 13.6. The number of aryl methyl sites for hydroxylation is 1. The van der Waals surface area contributed by atoms with Crippen LogP contribution in [0, 0.1) is 12.8 Å². The van der Waals surface area contributed by atoms with E-state index in [0.29, 0.717) is 49.4 Å². The Morgan fingerprint density at radius 3 is 2.89 bits per heavy atom. The minimum Gasteiger partial charge on any atom is -0.489 e. The second-order valence-electron chi connectivity index (χ2n) is 10.2. The monoisotopic (exact) mass is 553 g/mol. The predicted octanol–water partition coefficient (Wildman–Crippen LogP) is 5.53. The molecule has 2 unspecified atom stereocenters. The molecule has 6 nitrogen and oxygen atoms in total. The Kier molecular flexibility index (Phi) is 7.22. The lowest BCUT2D eigenvalue weighted by atomic mass is 9.71. The van der Waals surface area contributed by atoms with Crippen molar-refractivity contribution in [3.8, 4) is 5.75 Å². The average molecular weight is 554 g/mol. The number of benzene rings is 2. The van der Waals surface area contributed by atoms with Crippen molar-refractivity contribution < 1.29 is 19.1 Å². The molecule has 2 aromatic carbocycles. The summed E-state index contributed by atoms with van der Waals surface area (Å²) in [5.74, 6) is 0.824. The van der Waals surface area contributed by atoms with Crippen molar-refractivity contribution in [1.82, 2.24) is 4.90 Å². The second-order valence-corrected chi connectivity index (χ2v) is 11.0. The molecule has 3 aromatic rings. The molecule has 0 radical (unpaired) electrons. The van der Waals surface area contributed by atoms with Gasteiger partial charge >= 0.3 is 5.63 Å². The molecule has 1 amide bonds. The first-order chi connectivity index (χ1) is 17.3. The van der Waals surface area contributed by atoms with E-state index < -0.39 is 11.2 Å². The molecular formula is C29H32BrNO5. The predicted molar refractivity (Wildman–Crippen MR) is 142 cm³/mol. The summed E-state index contributed by atoms with van der Waals surface area (Å²) in [4.78, 5) is 27.7. The maximum atomic E-state index is 13.0. The molecular weight excluding hydrogens is 522 g/mol. The standard InChI is InChI=1S/C29H32BrNO5/c1-19-23-10-9-22(35-18-20-6-2-3-8-25(20)30)16-26(23)36-28(33)24(19)11-12-27(32)31-15-14-29(34)13-5-4-7-21(29)17-31/h2-3,6,8-10,16,21,34H,4-5,7,11-15,17-18H2,1H3. The van der Waals surface area contributed by atoms with Crippen LogP contribution in [0.4, 0.5) is 0 Å². The molecule has 1 saturated carbocycles. The van der Waals surface area contributed by atoms with Crippen molar-refractivity contribution in [3.63, 3.8) is 0 Å². The van der Waals surface area contributed by atoms with Crippen LogP contribution < -0.4 is 10.4 Å². The highest BCUT2D eigenvalue weighted by molar-refractivity contribution is 9.10. The molecule has 2 heterocycles. The molecule has 2 atom stereocenters. The van der Waals surface area contributed by atoms with Crippen LogP contribution in [-0.4, -0.2) is 34.6 Å². The third-order valence-electron chi connectivity index (χ3n) is 7.98. The number of carbonyl (C=O) groups is 1. The summed E-state index contributed by atoms with van der Waals surface area (Å²) in [7, 11) is 0. The third-order valence-corrected chi connectivity index (χ3v) is 8.75. The van der Waals surface area contributed by atoms with E-state index >= 15 is 0 Å². The van der Waals surface area contributed by atoms with Crippen LogP contribution in [-0.2, 0) is 17.8 Å². The lowest BCUT2D eigenvalue weighted by Crippen LogP contribution is -2.54. The summed E-state index contributed by atoms with van der Waals surface area (Å²) in [6.45, 7) is 3.50. The van der Waals surface area contributed by atoms with Gasteiger partial charge in [-0.2, -0.15) is 0 Å². The zero-order valence-corrected chi connectivity index (χ0v) is 22.2. The van der Waals surface area contributed by atoms with Crippen molar-refractivity contribution >= 4 is 32.8 Å². The lowest BCUT2D eigenvalue weighted by molar-refractivity contribution is -0.143. The van der Waals surface area contributed by atoms with Gasteiger partial charge in [-0.3, -0.25) is 4.79 Å². The SMILES string of the molecule is Cc1c(CCC(=O)N2CCC3(O)CCCCC3C2)c(=O)oc2cc(OCc3ccccc3Br)ccc12. The zero-order chi connectivity index (χ0) is 25.3. The highest BCUT2D eigenvalue weighted by Crippen LogP contribution is 2.40. The fraction of sp³-hybridized carbons (Fsp3) is 0.448. The first kappa shape index (κ1) is 25.0. The highest BCUT2D eigenvalue weighted by atomic mass is 79.9. The van der Waals surface area contributed by atoms with Crippen molar-refractivity contribution in [3.05, 3.63) is 74.0 Å². The maximum absolute atomic E-state index is 13.0. The minimum atomic E-state index is -0.606. The van der Waals surface area contributed by atoms with E-state index in [0.717, 1.165) is 46.7 Å². The third kappa shape index (κ3) is 5.09.